The van der Waals surface area contributed by atoms with Crippen LogP contribution < -0.4 is 10.1 Å². The van der Waals surface area contributed by atoms with Crippen LogP contribution in [0.1, 0.15) is 11.1 Å². The van der Waals surface area contributed by atoms with Crippen molar-refractivity contribution in [3.05, 3.63) is 51.3 Å². The van der Waals surface area contributed by atoms with Gasteiger partial charge in [0.2, 0.25) is 5.28 Å². The van der Waals surface area contributed by atoms with Crippen LogP contribution in [0.15, 0.2) is 34.9 Å². The summed E-state index contributed by atoms with van der Waals surface area (Å²) in [5.74, 6) is 0.949. The smallest absolute Gasteiger partial charge is 0.226 e. The van der Waals surface area contributed by atoms with Crippen LogP contribution in [0, 0.1) is 11.3 Å². The van der Waals surface area contributed by atoms with E-state index in [0.29, 0.717) is 34.7 Å². The van der Waals surface area contributed by atoms with E-state index in [1.807, 2.05) is 12.1 Å². The molecule has 0 fully saturated rings. The lowest BCUT2D eigenvalue weighted by Gasteiger charge is -2.14. The van der Waals surface area contributed by atoms with Gasteiger partial charge in [0.25, 0.3) is 0 Å². The third kappa shape index (κ3) is 4.02. The van der Waals surface area contributed by atoms with Crippen LogP contribution in [0.25, 0.3) is 11.0 Å². The second-order valence-corrected chi connectivity index (χ2v) is 6.45. The molecule has 7 nitrogen and oxygen atoms in total. The molecular formula is C17H13BrClN5O2. The largest absolute Gasteiger partial charge is 0.489 e. The number of ether oxygens (including phenoxy) is 1. The van der Waals surface area contributed by atoms with Crippen LogP contribution in [0.2, 0.25) is 5.28 Å². The predicted octanol–water partition coefficient (Wildman–Crippen LogP) is 3.30. The molecule has 2 aromatic heterocycles. The standard InChI is InChI=1S/C17H13BrClN5O2/c18-12-6-13-15(23-17(19)24-16(13)22-9-12)21-8-11-3-1-2-10(7-20)14(11)26-5-4-25/h1-3,6,9,25H,4-5,8H2,(H,21,22,23,24). The predicted molar refractivity (Wildman–Crippen MR) is 101 cm³/mol. The molecule has 0 bridgehead atoms. The Morgan fingerprint density at radius 2 is 2.19 bits per heavy atom. The number of anilines is 1. The number of nitrogens with zero attached hydrogens (tertiary/aromatic N) is 4. The number of para-hydroxylation sites is 1. The average Bonchev–Trinajstić information content (AvgIpc) is 2.64. The highest BCUT2D eigenvalue weighted by Gasteiger charge is 2.12. The molecule has 0 amide bonds. The van der Waals surface area contributed by atoms with Gasteiger partial charge in [0, 0.05) is 22.8 Å². The lowest BCUT2D eigenvalue weighted by Crippen LogP contribution is -2.09. The fraction of sp³-hybridized carbons (Fsp3) is 0.176. The third-order valence-electron chi connectivity index (χ3n) is 3.49. The molecule has 0 aliphatic carbocycles. The number of pyridine rings is 1. The molecule has 3 aromatic rings. The van der Waals surface area contributed by atoms with Crippen molar-refractivity contribution in [3.63, 3.8) is 0 Å². The van der Waals surface area contributed by atoms with Gasteiger partial charge in [-0.25, -0.2) is 9.97 Å². The molecule has 0 unspecified atom stereocenters. The zero-order chi connectivity index (χ0) is 18.5. The van der Waals surface area contributed by atoms with Crippen molar-refractivity contribution >= 4 is 44.4 Å². The second kappa shape index (κ2) is 8.27. The first-order valence-corrected chi connectivity index (χ1v) is 8.77. The first-order chi connectivity index (χ1) is 12.6. The number of hydrogen-bond donors (Lipinski definition) is 2. The van der Waals surface area contributed by atoms with Crippen molar-refractivity contribution in [2.24, 2.45) is 0 Å². The molecule has 0 aliphatic heterocycles. The van der Waals surface area contributed by atoms with Gasteiger partial charge >= 0.3 is 0 Å². The molecule has 132 valence electrons. The number of fused-ring (bicyclic) bond motifs is 1. The minimum absolute atomic E-state index is 0.0809. The summed E-state index contributed by atoms with van der Waals surface area (Å²) in [6.07, 6.45) is 1.63. The minimum Gasteiger partial charge on any atom is -0.489 e. The SMILES string of the molecule is N#Cc1cccc(CNc2nc(Cl)nc3ncc(Br)cc23)c1OCCO. The number of aliphatic hydroxyl groups is 1. The van der Waals surface area contributed by atoms with Crippen molar-refractivity contribution in [1.29, 1.82) is 5.26 Å². The maximum absolute atomic E-state index is 9.27. The molecule has 0 atom stereocenters. The van der Waals surface area contributed by atoms with E-state index in [2.05, 4.69) is 42.3 Å². The lowest BCUT2D eigenvalue weighted by molar-refractivity contribution is 0.200. The first-order valence-electron chi connectivity index (χ1n) is 7.60. The molecule has 0 saturated carbocycles. The van der Waals surface area contributed by atoms with E-state index < -0.39 is 0 Å². The molecule has 3 rings (SSSR count). The van der Waals surface area contributed by atoms with Crippen molar-refractivity contribution < 1.29 is 9.84 Å². The Morgan fingerprint density at radius 3 is 2.96 bits per heavy atom. The number of aliphatic hydroxyl groups excluding tert-OH is 1. The second-order valence-electron chi connectivity index (χ2n) is 5.20. The van der Waals surface area contributed by atoms with E-state index >= 15 is 0 Å². The van der Waals surface area contributed by atoms with Crippen LogP contribution in [0.5, 0.6) is 5.75 Å². The Balaban J connectivity index is 1.94. The molecule has 2 N–H and O–H groups in total. The molecule has 1 aromatic carbocycles. The van der Waals surface area contributed by atoms with Gasteiger partial charge in [0.1, 0.15) is 24.2 Å². The lowest BCUT2D eigenvalue weighted by atomic mass is 10.1. The highest BCUT2D eigenvalue weighted by atomic mass is 79.9. The summed E-state index contributed by atoms with van der Waals surface area (Å²) in [6.45, 7) is 0.300. The molecule has 0 radical (unpaired) electrons. The van der Waals surface area contributed by atoms with Gasteiger partial charge in [-0.3, -0.25) is 0 Å². The number of nitriles is 1. The Hall–Kier alpha value is -2.47. The van der Waals surface area contributed by atoms with Crippen molar-refractivity contribution in [2.75, 3.05) is 18.5 Å². The first kappa shape index (κ1) is 18.3. The molecule has 2 heterocycles. The number of hydrogen-bond acceptors (Lipinski definition) is 7. The van der Waals surface area contributed by atoms with Gasteiger partial charge in [-0.15, -0.1) is 0 Å². The van der Waals surface area contributed by atoms with E-state index in [-0.39, 0.29) is 18.5 Å². The van der Waals surface area contributed by atoms with Gasteiger partial charge < -0.3 is 15.2 Å². The van der Waals surface area contributed by atoms with E-state index in [1.165, 1.54) is 0 Å². The Labute approximate surface area is 162 Å². The molecule has 0 aliphatic rings. The van der Waals surface area contributed by atoms with Crippen molar-refractivity contribution in [3.8, 4) is 11.8 Å². The van der Waals surface area contributed by atoms with E-state index in [1.54, 1.807) is 18.3 Å². The number of rotatable bonds is 6. The number of halogens is 2. The van der Waals surface area contributed by atoms with Gasteiger partial charge in [0.05, 0.1) is 17.6 Å². The monoisotopic (exact) mass is 433 g/mol. The summed E-state index contributed by atoms with van der Waals surface area (Å²) in [4.78, 5) is 12.6. The van der Waals surface area contributed by atoms with Gasteiger partial charge in [-0.2, -0.15) is 10.2 Å². The Kier molecular flexibility index (Phi) is 5.83. The van der Waals surface area contributed by atoms with Crippen LogP contribution in [-0.4, -0.2) is 33.3 Å². The summed E-state index contributed by atoms with van der Waals surface area (Å²) in [5, 5.41) is 22.2. The summed E-state index contributed by atoms with van der Waals surface area (Å²) >= 11 is 9.36. The van der Waals surface area contributed by atoms with Crippen molar-refractivity contribution in [2.45, 2.75) is 6.54 Å². The summed E-state index contributed by atoms with van der Waals surface area (Å²) in [7, 11) is 0. The topological polar surface area (TPSA) is 104 Å². The zero-order valence-electron chi connectivity index (χ0n) is 13.4. The summed E-state index contributed by atoms with van der Waals surface area (Å²) in [6, 6.07) is 9.20. The normalized spacial score (nSPS) is 10.5. The van der Waals surface area contributed by atoms with E-state index in [9.17, 15) is 5.26 Å². The molecular weight excluding hydrogens is 422 g/mol. The summed E-state index contributed by atoms with van der Waals surface area (Å²) < 4.78 is 6.33. The average molecular weight is 435 g/mol. The maximum Gasteiger partial charge on any atom is 0.226 e. The van der Waals surface area contributed by atoms with Crippen molar-refractivity contribution in [1.82, 2.24) is 15.0 Å². The number of nitrogens with one attached hydrogen (secondary N) is 1. The Bertz CT molecular complexity index is 993. The summed E-state index contributed by atoms with van der Waals surface area (Å²) in [5.41, 5.74) is 1.62. The minimum atomic E-state index is -0.140. The molecule has 0 saturated heterocycles. The van der Waals surface area contributed by atoms with Crippen LogP contribution in [-0.2, 0) is 6.54 Å². The third-order valence-corrected chi connectivity index (χ3v) is 4.09. The van der Waals surface area contributed by atoms with E-state index in [0.717, 1.165) is 10.0 Å². The highest BCUT2D eigenvalue weighted by Crippen LogP contribution is 2.27. The molecule has 0 spiro atoms. The van der Waals surface area contributed by atoms with Crippen LogP contribution >= 0.6 is 27.5 Å². The fourth-order valence-electron chi connectivity index (χ4n) is 2.40. The van der Waals surface area contributed by atoms with Crippen LogP contribution in [0.4, 0.5) is 5.82 Å². The van der Waals surface area contributed by atoms with Crippen LogP contribution in [0.3, 0.4) is 0 Å². The number of benzene rings is 1. The Morgan fingerprint density at radius 1 is 1.35 bits per heavy atom. The molecule has 9 heteroatoms. The highest BCUT2D eigenvalue weighted by molar-refractivity contribution is 9.10. The van der Waals surface area contributed by atoms with Gasteiger partial charge in [-0.1, -0.05) is 12.1 Å². The van der Waals surface area contributed by atoms with Gasteiger partial charge in [-0.05, 0) is 39.7 Å². The van der Waals surface area contributed by atoms with Gasteiger partial charge in [0.15, 0.2) is 5.65 Å². The number of aromatic nitrogens is 3. The zero-order valence-corrected chi connectivity index (χ0v) is 15.8. The fourth-order valence-corrected chi connectivity index (χ4v) is 2.90. The van der Waals surface area contributed by atoms with E-state index in [4.69, 9.17) is 21.4 Å². The quantitative estimate of drug-likeness (QED) is 0.574. The molecule has 26 heavy (non-hydrogen) atoms. The maximum atomic E-state index is 9.27.